The fourth-order valence-corrected chi connectivity index (χ4v) is 1.61. The Morgan fingerprint density at radius 3 is 2.82 bits per heavy atom. The summed E-state index contributed by atoms with van der Waals surface area (Å²) in [4.78, 5) is 0. The Hall–Kier alpha value is -0.560. The smallest absolute Gasteiger partial charge is 0.0602 e. The highest BCUT2D eigenvalue weighted by atomic mass is 16.5. The third kappa shape index (κ3) is 1.72. The maximum absolute atomic E-state index is 5.38. The van der Waals surface area contributed by atoms with E-state index in [1.54, 1.807) is 0 Å². The van der Waals surface area contributed by atoms with Crippen LogP contribution in [-0.2, 0) is 4.74 Å². The molecule has 1 nitrogen and oxygen atoms in total. The van der Waals surface area contributed by atoms with Crippen molar-refractivity contribution in [1.29, 1.82) is 0 Å². The average Bonchev–Trinajstić information content (AvgIpc) is 1.99. The molecule has 0 aromatic rings. The minimum atomic E-state index is 0.566. The summed E-state index contributed by atoms with van der Waals surface area (Å²) in [7, 11) is 0. The van der Waals surface area contributed by atoms with Crippen LogP contribution in [0.25, 0.3) is 0 Å². The van der Waals surface area contributed by atoms with Crippen molar-refractivity contribution in [3.05, 3.63) is 24.3 Å². The quantitative estimate of drug-likeness (QED) is 0.587. The van der Waals surface area contributed by atoms with Crippen molar-refractivity contribution in [2.24, 2.45) is 5.92 Å². The van der Waals surface area contributed by atoms with E-state index in [-0.39, 0.29) is 0 Å². The van der Waals surface area contributed by atoms with E-state index in [0.29, 0.717) is 6.10 Å². The Labute approximate surface area is 67.7 Å². The van der Waals surface area contributed by atoms with Crippen molar-refractivity contribution in [3.63, 3.8) is 0 Å². The lowest BCUT2D eigenvalue weighted by Crippen LogP contribution is -2.28. The van der Waals surface area contributed by atoms with Crippen LogP contribution in [0.1, 0.15) is 19.3 Å². The molecule has 0 aromatic carbocycles. The van der Waals surface area contributed by atoms with E-state index in [1.165, 1.54) is 19.3 Å². The Kier molecular flexibility index (Phi) is 2.08. The van der Waals surface area contributed by atoms with Crippen LogP contribution in [0.15, 0.2) is 24.3 Å². The number of ether oxygens (including phenoxy) is 1. The Morgan fingerprint density at radius 1 is 1.36 bits per heavy atom. The van der Waals surface area contributed by atoms with Gasteiger partial charge in [0.1, 0.15) is 0 Å². The van der Waals surface area contributed by atoms with Gasteiger partial charge in [-0.1, -0.05) is 24.3 Å². The Bertz CT molecular complexity index is 177. The predicted octanol–water partition coefficient (Wildman–Crippen LogP) is 2.30. The van der Waals surface area contributed by atoms with Crippen molar-refractivity contribution in [2.75, 3.05) is 6.61 Å². The van der Waals surface area contributed by atoms with Crippen LogP contribution >= 0.6 is 0 Å². The van der Waals surface area contributed by atoms with Gasteiger partial charge < -0.3 is 4.74 Å². The number of hydrogen-bond acceptors (Lipinski definition) is 1. The van der Waals surface area contributed by atoms with E-state index in [0.717, 1.165) is 12.5 Å². The lowest BCUT2D eigenvalue weighted by atomic mass is 9.92. The van der Waals surface area contributed by atoms with Crippen LogP contribution in [0, 0.1) is 5.92 Å². The molecule has 0 bridgehead atoms. The molecule has 2 unspecified atom stereocenters. The van der Waals surface area contributed by atoms with Gasteiger partial charge in [0.2, 0.25) is 0 Å². The van der Waals surface area contributed by atoms with Gasteiger partial charge in [0.15, 0.2) is 0 Å². The highest BCUT2D eigenvalue weighted by Crippen LogP contribution is 2.24. The van der Waals surface area contributed by atoms with Crippen LogP contribution in [0.3, 0.4) is 0 Å². The first-order valence-corrected chi connectivity index (χ1v) is 4.40. The van der Waals surface area contributed by atoms with Crippen molar-refractivity contribution in [3.8, 4) is 0 Å². The summed E-state index contributed by atoms with van der Waals surface area (Å²) >= 11 is 0. The van der Waals surface area contributed by atoms with Crippen LogP contribution in [0.5, 0.6) is 0 Å². The second-order valence-electron chi connectivity index (χ2n) is 3.33. The van der Waals surface area contributed by atoms with Gasteiger partial charge in [-0.25, -0.2) is 0 Å². The highest BCUT2D eigenvalue weighted by molar-refractivity contribution is 5.11. The number of rotatable bonds is 2. The summed E-state index contributed by atoms with van der Waals surface area (Å²) in [6, 6.07) is 0. The minimum Gasteiger partial charge on any atom is -0.378 e. The van der Waals surface area contributed by atoms with Crippen molar-refractivity contribution >= 4 is 0 Å². The fraction of sp³-hybridized carbons (Fsp3) is 0.600. The molecule has 0 aromatic heterocycles. The summed E-state index contributed by atoms with van der Waals surface area (Å²) < 4.78 is 5.38. The second-order valence-corrected chi connectivity index (χ2v) is 3.33. The molecule has 2 aliphatic rings. The molecule has 1 aliphatic heterocycles. The maximum atomic E-state index is 5.38. The third-order valence-electron chi connectivity index (χ3n) is 2.43. The van der Waals surface area contributed by atoms with Gasteiger partial charge in [-0.3, -0.25) is 0 Å². The third-order valence-corrected chi connectivity index (χ3v) is 2.43. The predicted molar refractivity (Wildman–Crippen MR) is 45.4 cm³/mol. The molecule has 0 radical (unpaired) electrons. The molecule has 0 N–H and O–H groups in total. The zero-order valence-electron chi connectivity index (χ0n) is 6.70. The molecule has 1 heteroatoms. The van der Waals surface area contributed by atoms with Crippen LogP contribution < -0.4 is 0 Å². The van der Waals surface area contributed by atoms with E-state index in [4.69, 9.17) is 4.74 Å². The first-order valence-electron chi connectivity index (χ1n) is 4.40. The molecule has 1 saturated heterocycles. The van der Waals surface area contributed by atoms with Crippen molar-refractivity contribution in [2.45, 2.75) is 25.4 Å². The maximum Gasteiger partial charge on any atom is 0.0602 e. The summed E-state index contributed by atoms with van der Waals surface area (Å²) in [5, 5.41) is 0. The van der Waals surface area contributed by atoms with Crippen LogP contribution in [0.4, 0.5) is 0 Å². The van der Waals surface area contributed by atoms with E-state index in [1.807, 2.05) is 0 Å². The van der Waals surface area contributed by atoms with Crippen molar-refractivity contribution < 1.29 is 4.74 Å². The Morgan fingerprint density at radius 2 is 2.27 bits per heavy atom. The molecular weight excluding hydrogens is 136 g/mol. The monoisotopic (exact) mass is 150 g/mol. The molecule has 0 saturated carbocycles. The minimum absolute atomic E-state index is 0.566. The normalized spacial score (nSPS) is 35.3. The van der Waals surface area contributed by atoms with E-state index < -0.39 is 0 Å². The SMILES string of the molecule is C1=CCC(CC2CCO2)C=C1. The van der Waals surface area contributed by atoms with Gasteiger partial charge in [-0.2, -0.15) is 0 Å². The lowest BCUT2D eigenvalue weighted by molar-refractivity contribution is -0.0598. The first kappa shape index (κ1) is 7.11. The summed E-state index contributed by atoms with van der Waals surface area (Å²) in [5.41, 5.74) is 0. The van der Waals surface area contributed by atoms with E-state index in [2.05, 4.69) is 24.3 Å². The van der Waals surface area contributed by atoms with Gasteiger partial charge in [-0.05, 0) is 25.2 Å². The molecule has 60 valence electrons. The number of hydrogen-bond donors (Lipinski definition) is 0. The van der Waals surface area contributed by atoms with Gasteiger partial charge in [-0.15, -0.1) is 0 Å². The Balaban J connectivity index is 1.77. The van der Waals surface area contributed by atoms with E-state index >= 15 is 0 Å². The molecule has 0 spiro atoms. The molecule has 1 aliphatic carbocycles. The summed E-state index contributed by atoms with van der Waals surface area (Å²) in [6.45, 7) is 0.983. The molecular formula is C10H14O. The van der Waals surface area contributed by atoms with Gasteiger partial charge >= 0.3 is 0 Å². The van der Waals surface area contributed by atoms with Gasteiger partial charge in [0, 0.05) is 6.61 Å². The zero-order valence-corrected chi connectivity index (χ0v) is 6.70. The highest BCUT2D eigenvalue weighted by Gasteiger charge is 2.21. The average molecular weight is 150 g/mol. The van der Waals surface area contributed by atoms with Crippen molar-refractivity contribution in [1.82, 2.24) is 0 Å². The molecule has 11 heavy (non-hydrogen) atoms. The summed E-state index contributed by atoms with van der Waals surface area (Å²) in [6.07, 6.45) is 13.1. The van der Waals surface area contributed by atoms with E-state index in [9.17, 15) is 0 Å². The van der Waals surface area contributed by atoms with Crippen LogP contribution in [0.2, 0.25) is 0 Å². The number of allylic oxidation sites excluding steroid dienone is 4. The molecule has 1 fully saturated rings. The molecule has 2 rings (SSSR count). The lowest BCUT2D eigenvalue weighted by Gasteiger charge is -2.29. The van der Waals surface area contributed by atoms with Gasteiger partial charge in [0.05, 0.1) is 6.10 Å². The molecule has 2 atom stereocenters. The van der Waals surface area contributed by atoms with Crippen LogP contribution in [-0.4, -0.2) is 12.7 Å². The molecule has 1 heterocycles. The van der Waals surface area contributed by atoms with Gasteiger partial charge in [0.25, 0.3) is 0 Å². The fourth-order valence-electron chi connectivity index (χ4n) is 1.61. The zero-order chi connectivity index (χ0) is 7.52. The largest absolute Gasteiger partial charge is 0.378 e. The summed E-state index contributed by atoms with van der Waals surface area (Å²) in [5.74, 6) is 0.741. The second kappa shape index (κ2) is 3.22. The molecule has 0 amide bonds. The first-order chi connectivity index (χ1) is 5.45. The standard InChI is InChI=1S/C10H14O/c1-2-4-9(5-3-1)8-10-6-7-11-10/h1-4,9-10H,5-8H2. The topological polar surface area (TPSA) is 9.23 Å².